The Balaban J connectivity index is 1.34. The molecule has 1 unspecified atom stereocenters. The van der Waals surface area contributed by atoms with Gasteiger partial charge in [-0.3, -0.25) is 14.7 Å². The van der Waals surface area contributed by atoms with E-state index in [0.29, 0.717) is 0 Å². The highest BCUT2D eigenvalue weighted by atomic mass is 16.3. The number of hydrogen-bond acceptors (Lipinski definition) is 6. The van der Waals surface area contributed by atoms with Gasteiger partial charge in [-0.15, -0.1) is 0 Å². The number of nitrogens with zero attached hydrogens (tertiary/aromatic N) is 4. The van der Waals surface area contributed by atoms with Crippen LogP contribution >= 0.6 is 0 Å². The van der Waals surface area contributed by atoms with Crippen molar-refractivity contribution in [2.24, 2.45) is 10.9 Å². The predicted molar refractivity (Wildman–Crippen MR) is 117 cm³/mol. The number of benzene rings is 1. The molecule has 7 nitrogen and oxygen atoms in total. The lowest BCUT2D eigenvalue weighted by atomic mass is 9.83. The summed E-state index contributed by atoms with van der Waals surface area (Å²) in [6.45, 7) is 5.26. The van der Waals surface area contributed by atoms with Crippen molar-refractivity contribution in [2.75, 3.05) is 42.9 Å². The summed E-state index contributed by atoms with van der Waals surface area (Å²) in [5.41, 5.74) is 4.56. The molecule has 0 spiro atoms. The summed E-state index contributed by atoms with van der Waals surface area (Å²) < 4.78 is 0. The minimum Gasteiger partial charge on any atom is -0.392 e. The van der Waals surface area contributed by atoms with Crippen molar-refractivity contribution in [2.45, 2.75) is 26.0 Å². The number of carbonyl (C=O) groups is 1. The molecule has 3 aliphatic heterocycles. The van der Waals surface area contributed by atoms with Gasteiger partial charge in [-0.2, -0.15) is 0 Å². The third kappa shape index (κ3) is 3.59. The molecule has 1 saturated heterocycles. The molecule has 1 aromatic heterocycles. The van der Waals surface area contributed by atoms with Crippen LogP contribution in [0.15, 0.2) is 41.5 Å². The number of carbonyl (C=O) groups excluding carboxylic acids is 1. The van der Waals surface area contributed by atoms with Crippen LogP contribution in [0.5, 0.6) is 0 Å². The number of piperazine rings is 1. The van der Waals surface area contributed by atoms with Crippen LogP contribution < -0.4 is 10.2 Å². The van der Waals surface area contributed by atoms with E-state index in [1.54, 1.807) is 0 Å². The van der Waals surface area contributed by atoms with Gasteiger partial charge < -0.3 is 15.3 Å². The zero-order valence-corrected chi connectivity index (χ0v) is 17.0. The molecule has 5 rings (SSSR count). The average molecular weight is 406 g/mol. The zero-order valence-electron chi connectivity index (χ0n) is 17.0. The maximum absolute atomic E-state index is 12.6. The van der Waals surface area contributed by atoms with Crippen LogP contribution in [0, 0.1) is 5.92 Å². The van der Waals surface area contributed by atoms with Crippen molar-refractivity contribution in [3.63, 3.8) is 0 Å². The molecule has 1 fully saturated rings. The van der Waals surface area contributed by atoms with Gasteiger partial charge >= 0.3 is 0 Å². The van der Waals surface area contributed by atoms with E-state index in [0.717, 1.165) is 86.0 Å². The molecular weight excluding hydrogens is 378 g/mol. The molecule has 156 valence electrons. The highest BCUT2D eigenvalue weighted by Gasteiger charge is 2.35. The fourth-order valence-electron chi connectivity index (χ4n) is 4.79. The molecule has 4 heterocycles. The Morgan fingerprint density at radius 1 is 1.17 bits per heavy atom. The number of pyridine rings is 1. The number of rotatable bonds is 4. The Morgan fingerprint density at radius 2 is 2.03 bits per heavy atom. The summed E-state index contributed by atoms with van der Waals surface area (Å²) in [6.07, 6.45) is 3.60. The van der Waals surface area contributed by atoms with Gasteiger partial charge in [0.1, 0.15) is 5.82 Å². The van der Waals surface area contributed by atoms with E-state index in [9.17, 15) is 9.90 Å². The van der Waals surface area contributed by atoms with Crippen molar-refractivity contribution in [1.29, 1.82) is 0 Å². The topological polar surface area (TPSA) is 81.1 Å². The van der Waals surface area contributed by atoms with Gasteiger partial charge in [-0.25, -0.2) is 4.98 Å². The Labute approximate surface area is 176 Å². The lowest BCUT2D eigenvalue weighted by molar-refractivity contribution is -0.118. The van der Waals surface area contributed by atoms with E-state index in [1.165, 1.54) is 0 Å². The monoisotopic (exact) mass is 405 g/mol. The summed E-state index contributed by atoms with van der Waals surface area (Å²) in [6, 6.07) is 10.2. The van der Waals surface area contributed by atoms with Gasteiger partial charge in [0.2, 0.25) is 5.91 Å². The van der Waals surface area contributed by atoms with Crippen LogP contribution in [0.4, 0.5) is 11.5 Å². The maximum Gasteiger partial charge on any atom is 0.233 e. The second-order valence-corrected chi connectivity index (χ2v) is 8.24. The van der Waals surface area contributed by atoms with Gasteiger partial charge in [-0.05, 0) is 42.2 Å². The lowest BCUT2D eigenvalue weighted by Crippen LogP contribution is -2.46. The first-order valence-electron chi connectivity index (χ1n) is 10.7. The number of anilines is 2. The van der Waals surface area contributed by atoms with Crippen molar-refractivity contribution < 1.29 is 9.90 Å². The molecule has 0 aliphatic carbocycles. The molecule has 30 heavy (non-hydrogen) atoms. The number of amides is 1. The van der Waals surface area contributed by atoms with Crippen LogP contribution in [-0.4, -0.2) is 59.3 Å². The first kappa shape index (κ1) is 19.2. The van der Waals surface area contributed by atoms with Crippen molar-refractivity contribution >= 4 is 23.1 Å². The number of aliphatic imine (C=N–C) groups is 1. The third-order valence-corrected chi connectivity index (χ3v) is 6.30. The van der Waals surface area contributed by atoms with E-state index in [4.69, 9.17) is 0 Å². The van der Waals surface area contributed by atoms with Gasteiger partial charge in [-0.1, -0.05) is 12.1 Å². The zero-order chi connectivity index (χ0) is 20.5. The molecule has 0 saturated carbocycles. The summed E-state index contributed by atoms with van der Waals surface area (Å²) in [7, 11) is 0. The van der Waals surface area contributed by atoms with Gasteiger partial charge in [0, 0.05) is 51.0 Å². The van der Waals surface area contributed by atoms with Gasteiger partial charge in [0.25, 0.3) is 0 Å². The van der Waals surface area contributed by atoms with Crippen molar-refractivity contribution in [3.8, 4) is 0 Å². The highest BCUT2D eigenvalue weighted by molar-refractivity contribution is 6.23. The first-order valence-corrected chi connectivity index (χ1v) is 10.7. The predicted octanol–water partition coefficient (Wildman–Crippen LogP) is 2.05. The second kappa shape index (κ2) is 8.16. The van der Waals surface area contributed by atoms with E-state index in [-0.39, 0.29) is 18.4 Å². The van der Waals surface area contributed by atoms with E-state index in [1.807, 2.05) is 18.3 Å². The SMILES string of the molecule is O=C1Nc2cc(CN3CCN(c4ccccn4)CC3)cc(CO)c2C2=NCCCC12. The number of nitrogens with one attached hydrogen (secondary N) is 1. The molecule has 2 aromatic rings. The molecule has 2 N–H and O–H groups in total. The van der Waals surface area contributed by atoms with Crippen LogP contribution in [0.25, 0.3) is 0 Å². The quantitative estimate of drug-likeness (QED) is 0.814. The van der Waals surface area contributed by atoms with Crippen LogP contribution in [0.1, 0.15) is 29.5 Å². The summed E-state index contributed by atoms with van der Waals surface area (Å²) in [5.74, 6) is 0.882. The summed E-state index contributed by atoms with van der Waals surface area (Å²) >= 11 is 0. The molecule has 0 bridgehead atoms. The standard InChI is InChI=1S/C23H27N5O2/c29-15-17-12-16(13-19-21(17)22-18(23(30)26-19)4-3-7-25-22)14-27-8-10-28(11-9-27)20-5-1-2-6-24-20/h1-2,5-6,12-13,18,29H,3-4,7-11,14-15H2,(H,26,30). The Morgan fingerprint density at radius 3 is 2.80 bits per heavy atom. The van der Waals surface area contributed by atoms with Crippen molar-refractivity contribution in [3.05, 3.63) is 53.2 Å². The number of hydrogen-bond donors (Lipinski definition) is 2. The molecule has 0 radical (unpaired) electrons. The lowest BCUT2D eigenvalue weighted by Gasteiger charge is -2.36. The Kier molecular flexibility index (Phi) is 5.23. The Bertz CT molecular complexity index is 967. The smallest absolute Gasteiger partial charge is 0.233 e. The largest absolute Gasteiger partial charge is 0.392 e. The summed E-state index contributed by atoms with van der Waals surface area (Å²) in [4.78, 5) is 26.4. The van der Waals surface area contributed by atoms with Gasteiger partial charge in [0.15, 0.2) is 0 Å². The minimum absolute atomic E-state index is 0.0333. The van der Waals surface area contributed by atoms with Crippen LogP contribution in [0.2, 0.25) is 0 Å². The molecule has 3 aliphatic rings. The first-order chi connectivity index (χ1) is 14.7. The number of aromatic nitrogens is 1. The van der Waals surface area contributed by atoms with Gasteiger partial charge in [0.05, 0.1) is 23.9 Å². The van der Waals surface area contributed by atoms with E-state index < -0.39 is 0 Å². The number of aliphatic hydroxyl groups is 1. The van der Waals surface area contributed by atoms with E-state index in [2.05, 4.69) is 43.3 Å². The molecule has 1 atom stereocenters. The highest BCUT2D eigenvalue weighted by Crippen LogP contribution is 2.34. The maximum atomic E-state index is 12.6. The van der Waals surface area contributed by atoms with Crippen molar-refractivity contribution in [1.82, 2.24) is 9.88 Å². The number of aliphatic hydroxyl groups excluding tert-OH is 1. The minimum atomic E-state index is -0.179. The fourth-order valence-corrected chi connectivity index (χ4v) is 4.79. The third-order valence-electron chi connectivity index (χ3n) is 6.30. The molecule has 1 amide bonds. The van der Waals surface area contributed by atoms with E-state index >= 15 is 0 Å². The molecule has 1 aromatic carbocycles. The van der Waals surface area contributed by atoms with Crippen LogP contribution in [-0.2, 0) is 17.9 Å². The molecule has 7 heteroatoms. The van der Waals surface area contributed by atoms with Crippen LogP contribution in [0.3, 0.4) is 0 Å². The Hall–Kier alpha value is -2.77. The fraction of sp³-hybridized carbons (Fsp3) is 0.435. The second-order valence-electron chi connectivity index (χ2n) is 8.24. The summed E-state index contributed by atoms with van der Waals surface area (Å²) in [5, 5.41) is 13.1. The average Bonchev–Trinajstić information content (AvgIpc) is 2.80. The number of fused-ring (bicyclic) bond motifs is 3. The normalized spacial score (nSPS) is 21.5. The molecular formula is C23H27N5O2.